The number of phenols is 1. The van der Waals surface area contributed by atoms with Gasteiger partial charge in [0.25, 0.3) is 0 Å². The third-order valence-electron chi connectivity index (χ3n) is 4.56. The molecule has 120 valence electrons. The summed E-state index contributed by atoms with van der Waals surface area (Å²) in [6.07, 6.45) is 3.31. The van der Waals surface area contributed by atoms with Crippen LogP contribution in [0.2, 0.25) is 0 Å². The Morgan fingerprint density at radius 1 is 1.04 bits per heavy atom. The van der Waals surface area contributed by atoms with E-state index in [1.165, 1.54) is 12.8 Å². The molecular weight excluding hydrogens is 300 g/mol. The number of carbonyl (C=O) groups excluding carboxylic acids is 1. The number of anilines is 1. The lowest BCUT2D eigenvalue weighted by Gasteiger charge is -2.18. The number of pyridine rings is 1. The van der Waals surface area contributed by atoms with Crippen LogP contribution in [-0.4, -0.2) is 29.5 Å². The lowest BCUT2D eigenvalue weighted by molar-refractivity contribution is 0.112. The predicted octanol–water partition coefficient (Wildman–Crippen LogP) is 4.02. The number of rotatable bonds is 3. The average Bonchev–Trinajstić information content (AvgIpc) is 3.15. The number of carbonyl (C=O) groups is 1. The fourth-order valence-electron chi connectivity index (χ4n) is 3.32. The van der Waals surface area contributed by atoms with E-state index in [4.69, 9.17) is 0 Å². The lowest BCUT2D eigenvalue weighted by atomic mass is 10.0. The number of hydrogen-bond acceptors (Lipinski definition) is 4. The van der Waals surface area contributed by atoms with Gasteiger partial charge in [0, 0.05) is 35.3 Å². The molecule has 0 bridgehead atoms. The summed E-state index contributed by atoms with van der Waals surface area (Å²) >= 11 is 0. The molecule has 0 radical (unpaired) electrons. The zero-order valence-electron chi connectivity index (χ0n) is 13.3. The minimum absolute atomic E-state index is 0.187. The van der Waals surface area contributed by atoms with Crippen LogP contribution in [0.5, 0.6) is 5.75 Å². The van der Waals surface area contributed by atoms with Gasteiger partial charge in [-0.15, -0.1) is 0 Å². The van der Waals surface area contributed by atoms with Crippen LogP contribution in [0.1, 0.15) is 23.2 Å². The van der Waals surface area contributed by atoms with E-state index in [0.717, 1.165) is 41.5 Å². The van der Waals surface area contributed by atoms with Crippen molar-refractivity contribution in [2.45, 2.75) is 12.8 Å². The molecule has 4 heteroatoms. The first-order valence-electron chi connectivity index (χ1n) is 8.19. The normalized spacial score (nSPS) is 14.2. The van der Waals surface area contributed by atoms with Crippen LogP contribution in [0.4, 0.5) is 5.69 Å². The van der Waals surface area contributed by atoms with E-state index in [-0.39, 0.29) is 5.75 Å². The van der Waals surface area contributed by atoms with E-state index >= 15 is 0 Å². The number of fused-ring (bicyclic) bond motifs is 1. The highest BCUT2D eigenvalue weighted by Gasteiger charge is 2.14. The second-order valence-electron chi connectivity index (χ2n) is 6.16. The summed E-state index contributed by atoms with van der Waals surface area (Å²) in [7, 11) is 0. The van der Waals surface area contributed by atoms with E-state index in [1.54, 1.807) is 24.3 Å². The monoisotopic (exact) mass is 318 g/mol. The fraction of sp³-hybridized carbons (Fsp3) is 0.200. The molecule has 24 heavy (non-hydrogen) atoms. The van der Waals surface area contributed by atoms with E-state index < -0.39 is 0 Å². The molecule has 3 aromatic rings. The maximum atomic E-state index is 11.6. The van der Waals surface area contributed by atoms with Crippen molar-refractivity contribution in [2.75, 3.05) is 18.0 Å². The van der Waals surface area contributed by atoms with Gasteiger partial charge < -0.3 is 10.0 Å². The molecule has 1 fully saturated rings. The van der Waals surface area contributed by atoms with E-state index in [0.29, 0.717) is 11.3 Å². The topological polar surface area (TPSA) is 53.4 Å². The Hall–Kier alpha value is -2.88. The maximum Gasteiger partial charge on any atom is 0.150 e. The summed E-state index contributed by atoms with van der Waals surface area (Å²) in [5.41, 5.74) is 4.05. The van der Waals surface area contributed by atoms with Crippen LogP contribution < -0.4 is 4.90 Å². The number of aromatic hydroxyl groups is 1. The van der Waals surface area contributed by atoms with Crippen molar-refractivity contribution in [2.24, 2.45) is 0 Å². The molecule has 2 aromatic carbocycles. The Labute approximate surface area is 140 Å². The Morgan fingerprint density at radius 3 is 2.62 bits per heavy atom. The van der Waals surface area contributed by atoms with Crippen LogP contribution in [-0.2, 0) is 0 Å². The minimum atomic E-state index is 0.187. The van der Waals surface area contributed by atoms with Gasteiger partial charge in [-0.05, 0) is 49.2 Å². The van der Waals surface area contributed by atoms with Gasteiger partial charge in [0.15, 0.2) is 6.29 Å². The molecule has 0 unspecified atom stereocenters. The second-order valence-corrected chi connectivity index (χ2v) is 6.16. The fourth-order valence-corrected chi connectivity index (χ4v) is 3.32. The standard InChI is InChI=1S/C20H18N2O2/c23-13-15-11-20(14-4-3-5-17(24)10-14)21-19-7-6-16(12-18(15)19)22-8-1-2-9-22/h3-7,10-13,24H,1-2,8-9H2. The van der Waals surface area contributed by atoms with Crippen molar-refractivity contribution >= 4 is 22.9 Å². The second kappa shape index (κ2) is 5.96. The maximum absolute atomic E-state index is 11.6. The third-order valence-corrected chi connectivity index (χ3v) is 4.56. The summed E-state index contributed by atoms with van der Waals surface area (Å²) in [6.45, 7) is 2.13. The first kappa shape index (κ1) is 14.7. The smallest absolute Gasteiger partial charge is 0.150 e. The lowest BCUT2D eigenvalue weighted by Crippen LogP contribution is -2.17. The van der Waals surface area contributed by atoms with Crippen molar-refractivity contribution < 1.29 is 9.90 Å². The van der Waals surface area contributed by atoms with Gasteiger partial charge in [0.2, 0.25) is 0 Å². The highest BCUT2D eigenvalue weighted by molar-refractivity contribution is 5.99. The van der Waals surface area contributed by atoms with Crippen LogP contribution in [0.25, 0.3) is 22.2 Å². The Kier molecular flexibility index (Phi) is 3.65. The summed E-state index contributed by atoms with van der Waals surface area (Å²) in [4.78, 5) is 18.6. The van der Waals surface area contributed by atoms with Gasteiger partial charge in [-0.2, -0.15) is 0 Å². The molecule has 1 aliphatic heterocycles. The number of phenolic OH excluding ortho intramolecular Hbond substituents is 1. The first-order valence-corrected chi connectivity index (χ1v) is 8.19. The molecule has 1 saturated heterocycles. The van der Waals surface area contributed by atoms with Gasteiger partial charge in [-0.3, -0.25) is 4.79 Å². The minimum Gasteiger partial charge on any atom is -0.508 e. The number of aldehydes is 1. The van der Waals surface area contributed by atoms with Crippen LogP contribution in [0.15, 0.2) is 48.5 Å². The van der Waals surface area contributed by atoms with Crippen molar-refractivity contribution in [3.8, 4) is 17.0 Å². The van der Waals surface area contributed by atoms with Crippen molar-refractivity contribution in [1.29, 1.82) is 0 Å². The van der Waals surface area contributed by atoms with Crippen LogP contribution in [0, 0.1) is 0 Å². The number of benzene rings is 2. The largest absolute Gasteiger partial charge is 0.508 e. The molecule has 0 aliphatic carbocycles. The molecule has 0 amide bonds. The highest BCUT2D eigenvalue weighted by Crippen LogP contribution is 2.29. The molecule has 0 atom stereocenters. The highest BCUT2D eigenvalue weighted by atomic mass is 16.3. The van der Waals surface area contributed by atoms with Gasteiger partial charge in [0.05, 0.1) is 11.2 Å². The molecule has 1 N–H and O–H groups in total. The molecule has 1 aromatic heterocycles. The van der Waals surface area contributed by atoms with Gasteiger partial charge in [0.1, 0.15) is 5.75 Å². The summed E-state index contributed by atoms with van der Waals surface area (Å²) in [6, 6.07) is 14.8. The molecule has 0 saturated carbocycles. The van der Waals surface area contributed by atoms with Gasteiger partial charge >= 0.3 is 0 Å². The Morgan fingerprint density at radius 2 is 1.88 bits per heavy atom. The molecule has 0 spiro atoms. The van der Waals surface area contributed by atoms with Gasteiger partial charge in [-0.1, -0.05) is 12.1 Å². The third kappa shape index (κ3) is 2.60. The van der Waals surface area contributed by atoms with Crippen molar-refractivity contribution in [3.63, 3.8) is 0 Å². The van der Waals surface area contributed by atoms with Gasteiger partial charge in [-0.25, -0.2) is 4.98 Å². The molecule has 1 aliphatic rings. The zero-order valence-corrected chi connectivity index (χ0v) is 13.3. The van der Waals surface area contributed by atoms with Crippen molar-refractivity contribution in [1.82, 2.24) is 4.98 Å². The molecule has 4 nitrogen and oxygen atoms in total. The van der Waals surface area contributed by atoms with E-state index in [2.05, 4.69) is 22.0 Å². The zero-order chi connectivity index (χ0) is 16.5. The number of nitrogens with zero attached hydrogens (tertiary/aromatic N) is 2. The van der Waals surface area contributed by atoms with E-state index in [1.807, 2.05) is 12.1 Å². The van der Waals surface area contributed by atoms with Crippen LogP contribution >= 0.6 is 0 Å². The Balaban J connectivity index is 1.85. The average molecular weight is 318 g/mol. The van der Waals surface area contributed by atoms with Crippen LogP contribution in [0.3, 0.4) is 0 Å². The number of hydrogen-bond donors (Lipinski definition) is 1. The van der Waals surface area contributed by atoms with E-state index in [9.17, 15) is 9.90 Å². The first-order chi connectivity index (χ1) is 11.7. The Bertz CT molecular complexity index is 915. The summed E-state index contributed by atoms with van der Waals surface area (Å²) < 4.78 is 0. The predicted molar refractivity (Wildman–Crippen MR) is 95.7 cm³/mol. The molecular formula is C20H18N2O2. The summed E-state index contributed by atoms with van der Waals surface area (Å²) in [5, 5.41) is 10.5. The molecule has 4 rings (SSSR count). The number of aromatic nitrogens is 1. The molecule has 2 heterocycles. The quantitative estimate of drug-likeness (QED) is 0.741. The SMILES string of the molecule is O=Cc1cc(-c2cccc(O)c2)nc2ccc(N3CCCC3)cc12. The summed E-state index contributed by atoms with van der Waals surface area (Å²) in [5.74, 6) is 0.187. The van der Waals surface area contributed by atoms with Crippen molar-refractivity contribution in [3.05, 3.63) is 54.1 Å².